The molecule has 0 saturated heterocycles. The number of hydrogen-bond acceptors (Lipinski definition) is 5. The molecule has 0 aliphatic carbocycles. The summed E-state index contributed by atoms with van der Waals surface area (Å²) in [6.45, 7) is 1.78. The quantitative estimate of drug-likeness (QED) is 0.794. The van der Waals surface area contributed by atoms with Crippen LogP contribution in [0.25, 0.3) is 5.82 Å². The lowest BCUT2D eigenvalue weighted by Crippen LogP contribution is -2.14. The predicted octanol–water partition coefficient (Wildman–Crippen LogP) is 1.62. The summed E-state index contributed by atoms with van der Waals surface area (Å²) in [6.07, 6.45) is 5.27. The monoisotopic (exact) mass is 288 g/mol. The first kappa shape index (κ1) is 12.5. The first-order valence-corrected chi connectivity index (χ1v) is 6.69. The molecule has 3 aromatic heterocycles. The Hall–Kier alpha value is -2.48. The molecule has 7 nitrogen and oxygen atoms in total. The van der Waals surface area contributed by atoms with E-state index in [2.05, 4.69) is 19.8 Å². The number of nitrogens with one attached hydrogen (secondary N) is 1. The van der Waals surface area contributed by atoms with Crippen LogP contribution < -0.4 is 5.32 Å². The number of carbonyl (C=O) groups is 1. The van der Waals surface area contributed by atoms with Crippen LogP contribution in [0, 0.1) is 6.92 Å². The van der Waals surface area contributed by atoms with Gasteiger partial charge in [0.25, 0.3) is 5.91 Å². The first-order chi connectivity index (χ1) is 9.65. The van der Waals surface area contributed by atoms with E-state index in [1.54, 1.807) is 24.9 Å². The summed E-state index contributed by atoms with van der Waals surface area (Å²) in [4.78, 5) is 16.4. The summed E-state index contributed by atoms with van der Waals surface area (Å²) in [7, 11) is 1.79. The summed E-state index contributed by atoms with van der Waals surface area (Å²) in [5.74, 6) is 1.09. The van der Waals surface area contributed by atoms with Crippen molar-refractivity contribution in [3.8, 4) is 5.82 Å². The number of hydrogen-bond donors (Lipinski definition) is 1. The lowest BCUT2D eigenvalue weighted by molar-refractivity contribution is 0.102. The lowest BCUT2D eigenvalue weighted by atomic mass is 10.3. The molecule has 0 spiro atoms. The van der Waals surface area contributed by atoms with Crippen molar-refractivity contribution in [3.05, 3.63) is 42.1 Å². The zero-order valence-electron chi connectivity index (χ0n) is 10.9. The highest BCUT2D eigenvalue weighted by Gasteiger charge is 2.18. The summed E-state index contributed by atoms with van der Waals surface area (Å²) in [5.41, 5.74) is 0.483. The Bertz CT molecular complexity index is 742. The molecule has 3 heterocycles. The van der Waals surface area contributed by atoms with Crippen molar-refractivity contribution in [1.82, 2.24) is 23.7 Å². The number of amides is 1. The number of aromatic nitrogens is 5. The molecule has 0 radical (unpaired) electrons. The maximum absolute atomic E-state index is 12.3. The second-order valence-corrected chi connectivity index (χ2v) is 4.95. The average molecular weight is 288 g/mol. The Morgan fingerprint density at radius 3 is 2.75 bits per heavy atom. The Labute approximate surface area is 119 Å². The van der Waals surface area contributed by atoms with Crippen molar-refractivity contribution in [3.63, 3.8) is 0 Å². The van der Waals surface area contributed by atoms with Crippen molar-refractivity contribution in [2.24, 2.45) is 7.05 Å². The van der Waals surface area contributed by atoms with Gasteiger partial charge in [-0.1, -0.05) is 0 Å². The van der Waals surface area contributed by atoms with E-state index in [4.69, 9.17) is 0 Å². The highest BCUT2D eigenvalue weighted by molar-refractivity contribution is 7.09. The zero-order valence-corrected chi connectivity index (χ0v) is 11.8. The molecule has 102 valence electrons. The third-order valence-electron chi connectivity index (χ3n) is 2.75. The minimum atomic E-state index is -0.252. The van der Waals surface area contributed by atoms with Gasteiger partial charge < -0.3 is 4.57 Å². The fourth-order valence-electron chi connectivity index (χ4n) is 1.89. The van der Waals surface area contributed by atoms with Gasteiger partial charge in [0.05, 0.1) is 6.20 Å². The van der Waals surface area contributed by atoms with Crippen molar-refractivity contribution < 1.29 is 4.79 Å². The molecule has 0 aromatic carbocycles. The molecule has 1 amide bonds. The topological polar surface area (TPSA) is 77.6 Å². The predicted molar refractivity (Wildman–Crippen MR) is 75.1 cm³/mol. The van der Waals surface area contributed by atoms with Gasteiger partial charge in [0.1, 0.15) is 17.2 Å². The third kappa shape index (κ3) is 2.21. The van der Waals surface area contributed by atoms with Gasteiger partial charge in [-0.25, -0.2) is 4.98 Å². The van der Waals surface area contributed by atoms with Crippen molar-refractivity contribution in [2.75, 3.05) is 5.32 Å². The Morgan fingerprint density at radius 2 is 2.10 bits per heavy atom. The van der Waals surface area contributed by atoms with Gasteiger partial charge in [-0.05, 0) is 19.1 Å². The SMILES string of the molecule is Cc1nsc(NC(=O)c2cnn(C)c2-n2cccc2)n1. The summed E-state index contributed by atoms with van der Waals surface area (Å²) in [6, 6.07) is 3.78. The van der Waals surface area contributed by atoms with E-state index >= 15 is 0 Å². The molecule has 0 unspecified atom stereocenters. The van der Waals surface area contributed by atoms with Gasteiger partial charge in [-0.2, -0.15) is 9.47 Å². The van der Waals surface area contributed by atoms with Crippen molar-refractivity contribution in [2.45, 2.75) is 6.92 Å². The van der Waals surface area contributed by atoms with Crippen LogP contribution in [-0.2, 0) is 7.05 Å². The van der Waals surface area contributed by atoms with E-state index in [1.807, 2.05) is 29.1 Å². The lowest BCUT2D eigenvalue weighted by Gasteiger charge is -2.06. The molecule has 0 aliphatic heterocycles. The standard InChI is InChI=1S/C12H12N6OS/c1-8-14-12(20-16-8)15-10(19)9-7-13-17(2)11(9)18-5-3-4-6-18/h3-7H,1-2H3,(H,14,15,16,19). The van der Waals surface area contributed by atoms with Gasteiger partial charge >= 0.3 is 0 Å². The molecule has 0 aliphatic rings. The maximum atomic E-state index is 12.3. The Morgan fingerprint density at radius 1 is 1.35 bits per heavy atom. The van der Waals surface area contributed by atoms with Crippen LogP contribution in [0.3, 0.4) is 0 Å². The number of rotatable bonds is 3. The minimum Gasteiger partial charge on any atom is -0.308 e. The van der Waals surface area contributed by atoms with E-state index in [0.717, 1.165) is 11.5 Å². The molecule has 8 heteroatoms. The van der Waals surface area contributed by atoms with E-state index in [9.17, 15) is 4.79 Å². The summed E-state index contributed by atoms with van der Waals surface area (Å²) in [5, 5.41) is 7.36. The van der Waals surface area contributed by atoms with Gasteiger partial charge in [0.2, 0.25) is 5.13 Å². The van der Waals surface area contributed by atoms with Gasteiger partial charge in [0.15, 0.2) is 0 Å². The smallest absolute Gasteiger partial charge is 0.262 e. The minimum absolute atomic E-state index is 0.252. The van der Waals surface area contributed by atoms with E-state index in [-0.39, 0.29) is 5.91 Å². The fourth-order valence-corrected chi connectivity index (χ4v) is 2.46. The molecule has 0 fully saturated rings. The summed E-state index contributed by atoms with van der Waals surface area (Å²) >= 11 is 1.16. The normalized spacial score (nSPS) is 10.7. The highest BCUT2D eigenvalue weighted by atomic mass is 32.1. The molecular formula is C12H12N6OS. The molecule has 20 heavy (non-hydrogen) atoms. The van der Waals surface area contributed by atoms with Crippen LogP contribution in [0.2, 0.25) is 0 Å². The van der Waals surface area contributed by atoms with Gasteiger partial charge in [-0.15, -0.1) is 0 Å². The van der Waals surface area contributed by atoms with E-state index in [0.29, 0.717) is 22.3 Å². The molecule has 3 aromatic rings. The highest BCUT2D eigenvalue weighted by Crippen LogP contribution is 2.17. The van der Waals surface area contributed by atoms with Crippen LogP contribution in [0.1, 0.15) is 16.2 Å². The average Bonchev–Trinajstić information content (AvgIpc) is 3.10. The second-order valence-electron chi connectivity index (χ2n) is 4.20. The van der Waals surface area contributed by atoms with Gasteiger partial charge in [0, 0.05) is 31.0 Å². The van der Waals surface area contributed by atoms with Crippen LogP contribution >= 0.6 is 11.5 Å². The van der Waals surface area contributed by atoms with Gasteiger partial charge in [-0.3, -0.25) is 14.8 Å². The molecule has 3 rings (SSSR count). The van der Waals surface area contributed by atoms with Crippen LogP contribution in [0.4, 0.5) is 5.13 Å². The molecule has 0 saturated carbocycles. The second kappa shape index (κ2) is 4.89. The number of anilines is 1. The van der Waals surface area contributed by atoms with E-state index < -0.39 is 0 Å². The molecular weight excluding hydrogens is 276 g/mol. The Kier molecular flexibility index (Phi) is 3.07. The van der Waals surface area contributed by atoms with Crippen LogP contribution in [0.15, 0.2) is 30.7 Å². The fraction of sp³-hybridized carbons (Fsp3) is 0.167. The summed E-state index contributed by atoms with van der Waals surface area (Å²) < 4.78 is 7.52. The zero-order chi connectivity index (χ0) is 14.1. The molecule has 0 bridgehead atoms. The van der Waals surface area contributed by atoms with Crippen molar-refractivity contribution >= 4 is 22.6 Å². The van der Waals surface area contributed by atoms with Crippen LogP contribution in [0.5, 0.6) is 0 Å². The molecule has 0 atom stereocenters. The Balaban J connectivity index is 1.93. The number of nitrogens with zero attached hydrogens (tertiary/aromatic N) is 5. The largest absolute Gasteiger partial charge is 0.308 e. The number of carbonyl (C=O) groups excluding carboxylic acids is 1. The van der Waals surface area contributed by atoms with Crippen molar-refractivity contribution in [1.29, 1.82) is 0 Å². The maximum Gasteiger partial charge on any atom is 0.262 e. The van der Waals surface area contributed by atoms with E-state index in [1.165, 1.54) is 0 Å². The first-order valence-electron chi connectivity index (χ1n) is 5.92. The third-order valence-corrected chi connectivity index (χ3v) is 3.47. The van der Waals surface area contributed by atoms with Crippen LogP contribution in [-0.4, -0.2) is 29.6 Å². The number of aryl methyl sites for hydroxylation is 2. The molecule has 1 N–H and O–H groups in total.